The molecular formula is C16H19N3O3S. The maximum absolute atomic E-state index is 12.8. The molecular weight excluding hydrogens is 314 g/mol. The highest BCUT2D eigenvalue weighted by molar-refractivity contribution is 7.89. The van der Waals surface area contributed by atoms with Gasteiger partial charge in [0.15, 0.2) is 0 Å². The first-order valence-electron chi connectivity index (χ1n) is 7.64. The standard InChI is InChI=1S/C16H19N3O3S/c1-2-23(21,22)19-11-9-18(10-12-19)16(20)14-5-3-7-15-13(14)6-4-8-17-15/h3-8H,2,9-12H2,1H3. The summed E-state index contributed by atoms with van der Waals surface area (Å²) in [5.41, 5.74) is 1.40. The van der Waals surface area contributed by atoms with Crippen molar-refractivity contribution in [1.82, 2.24) is 14.2 Å². The lowest BCUT2D eigenvalue weighted by Crippen LogP contribution is -2.50. The minimum atomic E-state index is -3.18. The van der Waals surface area contributed by atoms with Gasteiger partial charge in [-0.15, -0.1) is 0 Å². The van der Waals surface area contributed by atoms with Crippen molar-refractivity contribution in [2.24, 2.45) is 0 Å². The molecule has 3 rings (SSSR count). The highest BCUT2D eigenvalue weighted by Gasteiger charge is 2.28. The quantitative estimate of drug-likeness (QED) is 0.850. The number of hydrogen-bond acceptors (Lipinski definition) is 4. The summed E-state index contributed by atoms with van der Waals surface area (Å²) in [6.45, 7) is 3.16. The van der Waals surface area contributed by atoms with Crippen molar-refractivity contribution in [1.29, 1.82) is 0 Å². The predicted octanol–water partition coefficient (Wildman–Crippen LogP) is 1.34. The van der Waals surface area contributed by atoms with Gasteiger partial charge in [-0.3, -0.25) is 9.78 Å². The molecule has 2 heterocycles. The Kier molecular flexibility index (Phi) is 4.32. The molecule has 0 N–H and O–H groups in total. The fourth-order valence-electron chi connectivity index (χ4n) is 2.81. The third kappa shape index (κ3) is 3.07. The lowest BCUT2D eigenvalue weighted by atomic mass is 10.1. The summed E-state index contributed by atoms with van der Waals surface area (Å²) in [6, 6.07) is 9.18. The van der Waals surface area contributed by atoms with Crippen LogP contribution in [0.1, 0.15) is 17.3 Å². The van der Waals surface area contributed by atoms with Crippen molar-refractivity contribution in [2.75, 3.05) is 31.9 Å². The Hall–Kier alpha value is -1.99. The Morgan fingerprint density at radius 2 is 1.87 bits per heavy atom. The van der Waals surface area contributed by atoms with Gasteiger partial charge in [0.2, 0.25) is 10.0 Å². The molecule has 0 saturated carbocycles. The number of benzene rings is 1. The van der Waals surface area contributed by atoms with Crippen molar-refractivity contribution in [2.45, 2.75) is 6.92 Å². The van der Waals surface area contributed by atoms with E-state index in [1.165, 1.54) is 4.31 Å². The molecule has 1 saturated heterocycles. The van der Waals surface area contributed by atoms with Crippen molar-refractivity contribution >= 4 is 26.8 Å². The number of rotatable bonds is 3. The van der Waals surface area contributed by atoms with Crippen LogP contribution in [0.15, 0.2) is 36.5 Å². The van der Waals surface area contributed by atoms with E-state index in [9.17, 15) is 13.2 Å². The molecule has 1 aliphatic rings. The van der Waals surface area contributed by atoms with Gasteiger partial charge < -0.3 is 4.90 Å². The molecule has 1 fully saturated rings. The zero-order valence-electron chi connectivity index (χ0n) is 13.0. The van der Waals surface area contributed by atoms with Crippen LogP contribution in [0.3, 0.4) is 0 Å². The number of amides is 1. The van der Waals surface area contributed by atoms with Crippen LogP contribution >= 0.6 is 0 Å². The molecule has 1 aromatic carbocycles. The van der Waals surface area contributed by atoms with Crippen LogP contribution in [0.2, 0.25) is 0 Å². The smallest absolute Gasteiger partial charge is 0.254 e. The number of fused-ring (bicyclic) bond motifs is 1. The number of pyridine rings is 1. The van der Waals surface area contributed by atoms with Gasteiger partial charge in [0.25, 0.3) is 5.91 Å². The molecule has 1 aliphatic heterocycles. The highest BCUT2D eigenvalue weighted by atomic mass is 32.2. The largest absolute Gasteiger partial charge is 0.336 e. The van der Waals surface area contributed by atoms with Gasteiger partial charge in [-0.2, -0.15) is 4.31 Å². The molecule has 2 aromatic rings. The molecule has 23 heavy (non-hydrogen) atoms. The predicted molar refractivity (Wildman–Crippen MR) is 88.7 cm³/mol. The summed E-state index contributed by atoms with van der Waals surface area (Å²) < 4.78 is 25.2. The van der Waals surface area contributed by atoms with Crippen LogP contribution < -0.4 is 0 Å². The first kappa shape index (κ1) is 15.9. The highest BCUT2D eigenvalue weighted by Crippen LogP contribution is 2.19. The molecule has 0 radical (unpaired) electrons. The summed E-state index contributed by atoms with van der Waals surface area (Å²) in [4.78, 5) is 18.7. The first-order valence-corrected chi connectivity index (χ1v) is 9.24. The monoisotopic (exact) mass is 333 g/mol. The van der Waals surface area contributed by atoms with Gasteiger partial charge in [-0.05, 0) is 25.1 Å². The minimum absolute atomic E-state index is 0.0721. The average molecular weight is 333 g/mol. The summed E-state index contributed by atoms with van der Waals surface area (Å²) >= 11 is 0. The number of sulfonamides is 1. The van der Waals surface area contributed by atoms with Gasteiger partial charge in [-0.25, -0.2) is 8.42 Å². The fourth-order valence-corrected chi connectivity index (χ4v) is 3.90. The van der Waals surface area contributed by atoms with E-state index in [1.54, 1.807) is 24.1 Å². The first-order chi connectivity index (χ1) is 11.0. The van der Waals surface area contributed by atoms with E-state index < -0.39 is 10.0 Å². The number of piperazine rings is 1. The van der Waals surface area contributed by atoms with E-state index in [-0.39, 0.29) is 11.7 Å². The SMILES string of the molecule is CCS(=O)(=O)N1CCN(C(=O)c2cccc3ncccc23)CC1. The van der Waals surface area contributed by atoms with Crippen molar-refractivity contribution in [3.8, 4) is 0 Å². The summed E-state index contributed by atoms with van der Waals surface area (Å²) in [7, 11) is -3.18. The molecule has 6 nitrogen and oxygen atoms in total. The van der Waals surface area contributed by atoms with E-state index in [1.807, 2.05) is 24.3 Å². The van der Waals surface area contributed by atoms with Crippen molar-refractivity contribution in [3.05, 3.63) is 42.1 Å². The zero-order chi connectivity index (χ0) is 16.4. The lowest BCUT2D eigenvalue weighted by Gasteiger charge is -2.34. The fraction of sp³-hybridized carbons (Fsp3) is 0.375. The number of nitrogens with zero attached hydrogens (tertiary/aromatic N) is 3. The molecule has 0 aliphatic carbocycles. The lowest BCUT2D eigenvalue weighted by molar-refractivity contribution is 0.0700. The second-order valence-electron chi connectivity index (χ2n) is 5.47. The van der Waals surface area contributed by atoms with Crippen LogP contribution in [0.25, 0.3) is 10.9 Å². The molecule has 7 heteroatoms. The topological polar surface area (TPSA) is 70.6 Å². The van der Waals surface area contributed by atoms with Crippen LogP contribution in [-0.4, -0.2) is 60.4 Å². The molecule has 122 valence electrons. The second-order valence-corrected chi connectivity index (χ2v) is 7.73. The van der Waals surface area contributed by atoms with Crippen molar-refractivity contribution < 1.29 is 13.2 Å². The molecule has 0 unspecified atom stereocenters. The normalized spacial score (nSPS) is 16.7. The van der Waals surface area contributed by atoms with Crippen LogP contribution in [0, 0.1) is 0 Å². The number of aromatic nitrogens is 1. The Morgan fingerprint density at radius 1 is 1.13 bits per heavy atom. The van der Waals surface area contributed by atoms with Crippen LogP contribution in [0.4, 0.5) is 0 Å². The van der Waals surface area contributed by atoms with E-state index in [0.29, 0.717) is 31.7 Å². The van der Waals surface area contributed by atoms with E-state index in [4.69, 9.17) is 0 Å². The van der Waals surface area contributed by atoms with Gasteiger partial charge in [-0.1, -0.05) is 12.1 Å². The number of carbonyl (C=O) groups excluding carboxylic acids is 1. The third-order valence-electron chi connectivity index (χ3n) is 4.16. The zero-order valence-corrected chi connectivity index (χ0v) is 13.8. The maximum Gasteiger partial charge on any atom is 0.254 e. The minimum Gasteiger partial charge on any atom is -0.336 e. The molecule has 0 spiro atoms. The number of carbonyl (C=O) groups is 1. The van der Waals surface area contributed by atoms with Gasteiger partial charge in [0.05, 0.1) is 11.3 Å². The van der Waals surface area contributed by atoms with E-state index in [2.05, 4.69) is 4.98 Å². The molecule has 0 atom stereocenters. The summed E-state index contributed by atoms with van der Waals surface area (Å²) in [5.74, 6) is 0.0211. The van der Waals surface area contributed by atoms with E-state index in [0.717, 1.165) is 10.9 Å². The maximum atomic E-state index is 12.8. The Bertz CT molecular complexity index is 822. The second kappa shape index (κ2) is 6.25. The molecule has 1 aromatic heterocycles. The van der Waals surface area contributed by atoms with Crippen LogP contribution in [0.5, 0.6) is 0 Å². The summed E-state index contributed by atoms with van der Waals surface area (Å²) in [5, 5.41) is 0.823. The van der Waals surface area contributed by atoms with Crippen molar-refractivity contribution in [3.63, 3.8) is 0 Å². The van der Waals surface area contributed by atoms with Crippen LogP contribution in [-0.2, 0) is 10.0 Å². The van der Waals surface area contributed by atoms with E-state index >= 15 is 0 Å². The molecule has 0 bridgehead atoms. The number of hydrogen-bond donors (Lipinski definition) is 0. The summed E-state index contributed by atoms with van der Waals surface area (Å²) in [6.07, 6.45) is 1.70. The van der Waals surface area contributed by atoms with Gasteiger partial charge >= 0.3 is 0 Å². The molecule has 1 amide bonds. The Labute approximate surface area is 135 Å². The third-order valence-corrected chi connectivity index (χ3v) is 6.04. The van der Waals surface area contributed by atoms with Gasteiger partial charge in [0.1, 0.15) is 0 Å². The Morgan fingerprint density at radius 3 is 2.57 bits per heavy atom. The van der Waals surface area contributed by atoms with Gasteiger partial charge in [0, 0.05) is 43.3 Å². The Balaban J connectivity index is 1.80. The average Bonchev–Trinajstić information content (AvgIpc) is 2.60.